The Morgan fingerprint density at radius 2 is 1.89 bits per heavy atom. The third-order valence-electron chi connectivity index (χ3n) is 6.05. The number of carbonyl (C=O) groups is 1. The van der Waals surface area contributed by atoms with Gasteiger partial charge in [-0.3, -0.25) is 10.2 Å². The number of fused-ring (bicyclic) bond motifs is 1. The third kappa shape index (κ3) is 6.07. The number of amides is 2. The number of anilines is 2. The highest BCUT2D eigenvalue weighted by Gasteiger charge is 2.20. The van der Waals surface area contributed by atoms with E-state index in [1.54, 1.807) is 16.8 Å². The molecule has 1 aliphatic heterocycles. The second kappa shape index (κ2) is 10.6. The summed E-state index contributed by atoms with van der Waals surface area (Å²) in [4.78, 5) is 19.4. The predicted octanol–water partition coefficient (Wildman–Crippen LogP) is 4.04. The van der Waals surface area contributed by atoms with Gasteiger partial charge in [0.05, 0.1) is 19.4 Å². The molecule has 11 heteroatoms. The Labute approximate surface area is 214 Å². The molecule has 0 spiro atoms. The van der Waals surface area contributed by atoms with Gasteiger partial charge in [0.2, 0.25) is 5.88 Å². The minimum absolute atomic E-state index is 0.192. The first-order chi connectivity index (χ1) is 17.8. The molecule has 0 aliphatic carbocycles. The highest BCUT2D eigenvalue weighted by atomic mass is 16.5. The summed E-state index contributed by atoms with van der Waals surface area (Å²) >= 11 is 0. The first-order valence-electron chi connectivity index (χ1n) is 12.3. The summed E-state index contributed by atoms with van der Waals surface area (Å²) in [6.45, 7) is 10.8. The molecule has 2 N–H and O–H groups in total. The molecule has 4 aromatic rings. The lowest BCUT2D eigenvalue weighted by Gasteiger charge is -2.26. The Hall–Kier alpha value is -3.96. The molecular weight excluding hydrogens is 474 g/mol. The number of ether oxygens (including phenoxy) is 2. The Morgan fingerprint density at radius 1 is 1.11 bits per heavy atom. The number of nitrogens with zero attached hydrogens (tertiary/aromatic N) is 5. The Bertz CT molecular complexity index is 1350. The maximum absolute atomic E-state index is 12.4. The summed E-state index contributed by atoms with van der Waals surface area (Å²) in [5.41, 5.74) is 2.93. The normalized spacial score (nSPS) is 14.6. The average Bonchev–Trinajstić information content (AvgIpc) is 3.52. The second-order valence-electron chi connectivity index (χ2n) is 9.88. The smallest absolute Gasteiger partial charge is 0.324 e. The number of benzene rings is 1. The Morgan fingerprint density at radius 3 is 2.62 bits per heavy atom. The summed E-state index contributed by atoms with van der Waals surface area (Å²) in [5.74, 6) is 1.61. The highest BCUT2D eigenvalue weighted by Crippen LogP contribution is 2.27. The molecule has 0 atom stereocenters. The van der Waals surface area contributed by atoms with Crippen molar-refractivity contribution in [3.8, 4) is 17.0 Å². The molecule has 3 aromatic heterocycles. The Balaban J connectivity index is 1.21. The molecule has 0 bridgehead atoms. The molecule has 0 saturated carbocycles. The van der Waals surface area contributed by atoms with Gasteiger partial charge in [0.25, 0.3) is 0 Å². The van der Waals surface area contributed by atoms with E-state index < -0.39 is 6.03 Å². The van der Waals surface area contributed by atoms with Gasteiger partial charge >= 0.3 is 6.03 Å². The van der Waals surface area contributed by atoms with E-state index in [2.05, 4.69) is 30.8 Å². The molecule has 11 nitrogen and oxygen atoms in total. The molecule has 2 amide bonds. The van der Waals surface area contributed by atoms with Crippen LogP contribution in [0, 0.1) is 0 Å². The molecule has 1 aromatic carbocycles. The minimum atomic E-state index is -0.405. The third-order valence-corrected chi connectivity index (χ3v) is 6.05. The maximum atomic E-state index is 12.4. The first kappa shape index (κ1) is 24.7. The molecular formula is C26H31N7O4. The summed E-state index contributed by atoms with van der Waals surface area (Å²) in [5, 5.41) is 13.8. The number of morpholine rings is 1. The molecule has 0 radical (unpaired) electrons. The van der Waals surface area contributed by atoms with Crippen LogP contribution in [0.4, 0.5) is 16.3 Å². The van der Waals surface area contributed by atoms with E-state index in [4.69, 9.17) is 14.0 Å². The van der Waals surface area contributed by atoms with Crippen molar-refractivity contribution < 1.29 is 18.8 Å². The van der Waals surface area contributed by atoms with Gasteiger partial charge in [-0.15, -0.1) is 0 Å². The fourth-order valence-corrected chi connectivity index (χ4v) is 3.94. The topological polar surface area (TPSA) is 119 Å². The van der Waals surface area contributed by atoms with Gasteiger partial charge in [0, 0.05) is 54.6 Å². The molecule has 1 aliphatic rings. The van der Waals surface area contributed by atoms with Gasteiger partial charge in [-0.05, 0) is 17.7 Å². The molecule has 4 heterocycles. The number of aromatic nitrogens is 4. The predicted molar refractivity (Wildman–Crippen MR) is 139 cm³/mol. The van der Waals surface area contributed by atoms with E-state index in [1.165, 1.54) is 0 Å². The van der Waals surface area contributed by atoms with Crippen LogP contribution in [-0.4, -0.2) is 70.1 Å². The van der Waals surface area contributed by atoms with Crippen LogP contribution in [0.2, 0.25) is 0 Å². The van der Waals surface area contributed by atoms with Gasteiger partial charge in [-0.25, -0.2) is 9.31 Å². The number of urea groups is 1. The van der Waals surface area contributed by atoms with Crippen molar-refractivity contribution in [1.82, 2.24) is 24.7 Å². The lowest BCUT2D eigenvalue weighted by atomic mass is 9.93. The van der Waals surface area contributed by atoms with Crippen molar-refractivity contribution in [2.24, 2.45) is 0 Å². The van der Waals surface area contributed by atoms with Gasteiger partial charge in [0.1, 0.15) is 12.4 Å². The first-order valence-corrected chi connectivity index (χ1v) is 12.3. The standard InChI is InChI=1S/C26H31N7O4/c1-26(2,3)21-16-22(31-37-21)29-25(34)28-19-6-4-18(5-7-19)20-17-27-33-9-8-23(30-24(20)33)36-15-12-32-10-13-35-14-11-32/h4-9,16-17H,10-15H2,1-3H3,(H2,28,29,31,34). The van der Waals surface area contributed by atoms with Crippen molar-refractivity contribution >= 4 is 23.2 Å². The monoisotopic (exact) mass is 505 g/mol. The maximum Gasteiger partial charge on any atom is 0.324 e. The Kier molecular flexibility index (Phi) is 7.06. The summed E-state index contributed by atoms with van der Waals surface area (Å²) < 4.78 is 18.3. The van der Waals surface area contributed by atoms with Crippen molar-refractivity contribution in [1.29, 1.82) is 0 Å². The number of hydrogen-bond acceptors (Lipinski definition) is 8. The lowest BCUT2D eigenvalue weighted by molar-refractivity contribution is 0.0320. The van der Waals surface area contributed by atoms with Crippen LogP contribution in [0.3, 0.4) is 0 Å². The summed E-state index contributed by atoms with van der Waals surface area (Å²) in [6, 6.07) is 10.6. The van der Waals surface area contributed by atoms with Crippen LogP contribution in [0.25, 0.3) is 16.8 Å². The number of hydrogen-bond donors (Lipinski definition) is 2. The van der Waals surface area contributed by atoms with Crippen LogP contribution in [0.15, 0.2) is 53.3 Å². The molecule has 1 saturated heterocycles. The largest absolute Gasteiger partial charge is 0.476 e. The van der Waals surface area contributed by atoms with E-state index in [-0.39, 0.29) is 5.41 Å². The molecule has 37 heavy (non-hydrogen) atoms. The highest BCUT2D eigenvalue weighted by molar-refractivity contribution is 5.99. The van der Waals surface area contributed by atoms with Crippen LogP contribution in [0.5, 0.6) is 5.88 Å². The van der Waals surface area contributed by atoms with E-state index >= 15 is 0 Å². The van der Waals surface area contributed by atoms with Gasteiger partial charge in [-0.2, -0.15) is 10.1 Å². The minimum Gasteiger partial charge on any atom is -0.476 e. The fraction of sp³-hybridized carbons (Fsp3) is 0.385. The van der Waals surface area contributed by atoms with Crippen LogP contribution >= 0.6 is 0 Å². The quantitative estimate of drug-likeness (QED) is 0.386. The van der Waals surface area contributed by atoms with Crippen molar-refractivity contribution in [3.63, 3.8) is 0 Å². The van der Waals surface area contributed by atoms with Crippen LogP contribution < -0.4 is 15.4 Å². The number of carbonyl (C=O) groups excluding carboxylic acids is 1. The number of nitrogens with one attached hydrogen (secondary N) is 2. The molecule has 5 rings (SSSR count). The van der Waals surface area contributed by atoms with E-state index in [9.17, 15) is 4.79 Å². The van der Waals surface area contributed by atoms with Gasteiger partial charge in [-0.1, -0.05) is 38.1 Å². The average molecular weight is 506 g/mol. The summed E-state index contributed by atoms with van der Waals surface area (Å²) in [6.07, 6.45) is 3.61. The SMILES string of the molecule is CC(C)(C)c1cc(NC(=O)Nc2ccc(-c3cnn4ccc(OCCN5CCOCC5)nc34)cc2)no1. The molecule has 194 valence electrons. The summed E-state index contributed by atoms with van der Waals surface area (Å²) in [7, 11) is 0. The van der Waals surface area contributed by atoms with E-state index in [0.717, 1.165) is 44.0 Å². The van der Waals surface area contributed by atoms with Crippen molar-refractivity contribution in [3.05, 3.63) is 54.6 Å². The van der Waals surface area contributed by atoms with Crippen molar-refractivity contribution in [2.75, 3.05) is 50.1 Å². The zero-order chi connectivity index (χ0) is 25.8. The molecule has 1 fully saturated rings. The van der Waals surface area contributed by atoms with E-state index in [0.29, 0.717) is 35.4 Å². The van der Waals surface area contributed by atoms with Gasteiger partial charge in [0.15, 0.2) is 11.5 Å². The van der Waals surface area contributed by atoms with Crippen molar-refractivity contribution in [2.45, 2.75) is 26.2 Å². The zero-order valence-electron chi connectivity index (χ0n) is 21.2. The number of rotatable bonds is 7. The second-order valence-corrected chi connectivity index (χ2v) is 9.88. The zero-order valence-corrected chi connectivity index (χ0v) is 21.2. The van der Waals surface area contributed by atoms with E-state index in [1.807, 2.05) is 57.3 Å². The fourth-order valence-electron chi connectivity index (χ4n) is 3.94. The van der Waals surface area contributed by atoms with Gasteiger partial charge < -0.3 is 19.3 Å². The van der Waals surface area contributed by atoms with Crippen LogP contribution in [0.1, 0.15) is 26.5 Å². The lowest BCUT2D eigenvalue weighted by Crippen LogP contribution is -2.38. The van der Waals surface area contributed by atoms with Crippen LogP contribution in [-0.2, 0) is 10.2 Å². The molecule has 0 unspecified atom stereocenters.